The highest BCUT2D eigenvalue weighted by Crippen LogP contribution is 2.14. The molecule has 0 N–H and O–H groups in total. The molecule has 0 radical (unpaired) electrons. The summed E-state index contributed by atoms with van der Waals surface area (Å²) in [6.07, 6.45) is 0.710. The third-order valence-corrected chi connectivity index (χ3v) is 4.57. The van der Waals surface area contributed by atoms with Crippen molar-refractivity contribution < 1.29 is 19.1 Å². The first kappa shape index (κ1) is 18.8. The van der Waals surface area contributed by atoms with Crippen LogP contribution in [0.2, 0.25) is 0 Å². The molecule has 1 fully saturated rings. The Morgan fingerprint density at radius 1 is 0.852 bits per heavy atom. The van der Waals surface area contributed by atoms with Crippen LogP contribution in [0.4, 0.5) is 4.79 Å². The molecular weight excluding hydrogens is 344 g/mol. The number of benzene rings is 2. The maximum absolute atomic E-state index is 12.6. The third kappa shape index (κ3) is 5.23. The quantitative estimate of drug-likeness (QED) is 0.833. The van der Waals surface area contributed by atoms with Crippen LogP contribution in [0.1, 0.15) is 12.0 Å². The van der Waals surface area contributed by atoms with Crippen molar-refractivity contribution in [2.45, 2.75) is 12.8 Å². The summed E-state index contributed by atoms with van der Waals surface area (Å²) in [6.45, 7) is 2.21. The number of ether oxygens (including phenoxy) is 2. The van der Waals surface area contributed by atoms with Crippen molar-refractivity contribution in [2.75, 3.05) is 33.3 Å². The molecule has 0 spiro atoms. The lowest BCUT2D eigenvalue weighted by Gasteiger charge is -2.22. The molecule has 142 valence electrons. The van der Waals surface area contributed by atoms with E-state index < -0.39 is 0 Å². The molecule has 0 atom stereocenters. The highest BCUT2D eigenvalue weighted by atomic mass is 16.6. The van der Waals surface area contributed by atoms with Crippen molar-refractivity contribution in [2.24, 2.45) is 0 Å². The topological polar surface area (TPSA) is 59.1 Å². The summed E-state index contributed by atoms with van der Waals surface area (Å²) in [6, 6.07) is 16.5. The summed E-state index contributed by atoms with van der Waals surface area (Å²) in [5.74, 6) is 1.37. The third-order valence-electron chi connectivity index (χ3n) is 4.57. The standard InChI is InChI=1S/C21H24N2O4/c1-26-18-10-8-17(9-11-18)16-20(24)22-12-5-13-23(15-14-22)21(25)27-19-6-3-2-4-7-19/h2-4,6-11H,5,12-16H2,1H3. The molecule has 0 unspecified atom stereocenters. The van der Waals surface area contributed by atoms with E-state index in [2.05, 4.69) is 0 Å². The van der Waals surface area contributed by atoms with Gasteiger partial charge in [-0.1, -0.05) is 30.3 Å². The molecule has 1 heterocycles. The van der Waals surface area contributed by atoms with Crippen LogP contribution in [0.25, 0.3) is 0 Å². The van der Waals surface area contributed by atoms with E-state index in [1.54, 1.807) is 24.1 Å². The van der Waals surface area contributed by atoms with E-state index in [1.807, 2.05) is 47.4 Å². The Balaban J connectivity index is 1.52. The smallest absolute Gasteiger partial charge is 0.415 e. The number of methoxy groups -OCH3 is 1. The normalized spacial score (nSPS) is 14.4. The van der Waals surface area contributed by atoms with Crippen LogP contribution in [-0.4, -0.2) is 55.1 Å². The lowest BCUT2D eigenvalue weighted by Crippen LogP contribution is -2.39. The molecule has 6 nitrogen and oxygen atoms in total. The maximum Gasteiger partial charge on any atom is 0.415 e. The second kappa shape index (κ2) is 9.07. The minimum absolute atomic E-state index is 0.0680. The first-order valence-electron chi connectivity index (χ1n) is 9.08. The molecule has 0 saturated carbocycles. The summed E-state index contributed by atoms with van der Waals surface area (Å²) >= 11 is 0. The number of carbonyl (C=O) groups excluding carboxylic acids is 2. The average Bonchev–Trinajstić information content (AvgIpc) is 2.96. The lowest BCUT2D eigenvalue weighted by atomic mass is 10.1. The van der Waals surface area contributed by atoms with E-state index in [0.717, 1.165) is 17.7 Å². The molecule has 27 heavy (non-hydrogen) atoms. The molecule has 0 bridgehead atoms. The Labute approximate surface area is 159 Å². The Bertz CT molecular complexity index is 762. The number of hydrogen-bond acceptors (Lipinski definition) is 4. The van der Waals surface area contributed by atoms with Gasteiger partial charge in [-0.25, -0.2) is 4.79 Å². The van der Waals surface area contributed by atoms with Gasteiger partial charge in [0.05, 0.1) is 13.5 Å². The van der Waals surface area contributed by atoms with Crippen LogP contribution in [0.5, 0.6) is 11.5 Å². The summed E-state index contributed by atoms with van der Waals surface area (Å²) in [5, 5.41) is 0. The predicted octanol–water partition coefficient (Wildman–Crippen LogP) is 2.97. The van der Waals surface area contributed by atoms with Gasteiger partial charge in [0, 0.05) is 26.2 Å². The van der Waals surface area contributed by atoms with Gasteiger partial charge in [0.2, 0.25) is 5.91 Å². The molecule has 1 saturated heterocycles. The summed E-state index contributed by atoms with van der Waals surface area (Å²) < 4.78 is 10.5. The van der Waals surface area contributed by atoms with Crippen molar-refractivity contribution in [1.82, 2.24) is 9.80 Å². The van der Waals surface area contributed by atoms with Crippen LogP contribution in [0.3, 0.4) is 0 Å². The van der Waals surface area contributed by atoms with Crippen LogP contribution in [-0.2, 0) is 11.2 Å². The lowest BCUT2D eigenvalue weighted by molar-refractivity contribution is -0.130. The van der Waals surface area contributed by atoms with Gasteiger partial charge in [-0.3, -0.25) is 4.79 Å². The van der Waals surface area contributed by atoms with Crippen LogP contribution < -0.4 is 9.47 Å². The van der Waals surface area contributed by atoms with E-state index in [1.165, 1.54) is 0 Å². The number of hydrogen-bond donors (Lipinski definition) is 0. The number of amides is 2. The van der Waals surface area contributed by atoms with Crippen LogP contribution in [0.15, 0.2) is 54.6 Å². The average molecular weight is 368 g/mol. The van der Waals surface area contributed by atoms with Crippen LogP contribution in [0, 0.1) is 0 Å². The van der Waals surface area contributed by atoms with Gasteiger partial charge in [-0.15, -0.1) is 0 Å². The van der Waals surface area contributed by atoms with E-state index >= 15 is 0 Å². The van der Waals surface area contributed by atoms with Crippen molar-refractivity contribution in [3.8, 4) is 11.5 Å². The molecular formula is C21H24N2O4. The molecule has 1 aliphatic heterocycles. The molecule has 0 aromatic heterocycles. The van der Waals surface area contributed by atoms with Gasteiger partial charge in [-0.2, -0.15) is 0 Å². The summed E-state index contributed by atoms with van der Waals surface area (Å²) in [4.78, 5) is 28.4. The fraction of sp³-hybridized carbons (Fsp3) is 0.333. The number of nitrogens with zero attached hydrogens (tertiary/aromatic N) is 2. The number of carbonyl (C=O) groups is 2. The molecule has 2 aromatic carbocycles. The fourth-order valence-electron chi connectivity index (χ4n) is 3.03. The SMILES string of the molecule is COc1ccc(CC(=O)N2CCCN(C(=O)Oc3ccccc3)CC2)cc1. The summed E-state index contributed by atoms with van der Waals surface area (Å²) in [5.41, 5.74) is 0.949. The number of para-hydroxylation sites is 1. The Morgan fingerprint density at radius 2 is 1.52 bits per heavy atom. The minimum Gasteiger partial charge on any atom is -0.497 e. The monoisotopic (exact) mass is 368 g/mol. The van der Waals surface area contributed by atoms with Gasteiger partial charge >= 0.3 is 6.09 Å². The first-order valence-corrected chi connectivity index (χ1v) is 9.08. The largest absolute Gasteiger partial charge is 0.497 e. The summed E-state index contributed by atoms with van der Waals surface area (Å²) in [7, 11) is 1.62. The Kier molecular flexibility index (Phi) is 6.30. The second-order valence-electron chi connectivity index (χ2n) is 6.43. The fourth-order valence-corrected chi connectivity index (χ4v) is 3.03. The van der Waals surface area contributed by atoms with E-state index in [-0.39, 0.29) is 12.0 Å². The highest BCUT2D eigenvalue weighted by Gasteiger charge is 2.23. The zero-order valence-electron chi connectivity index (χ0n) is 15.5. The highest BCUT2D eigenvalue weighted by molar-refractivity contribution is 5.79. The van der Waals surface area contributed by atoms with Crippen LogP contribution >= 0.6 is 0 Å². The Hall–Kier alpha value is -3.02. The first-order chi connectivity index (χ1) is 13.2. The van der Waals surface area contributed by atoms with E-state index in [9.17, 15) is 9.59 Å². The predicted molar refractivity (Wildman–Crippen MR) is 102 cm³/mol. The number of rotatable bonds is 4. The zero-order valence-corrected chi connectivity index (χ0v) is 15.5. The zero-order chi connectivity index (χ0) is 19.1. The minimum atomic E-state index is -0.370. The van der Waals surface area contributed by atoms with Gasteiger partial charge in [0.1, 0.15) is 11.5 Å². The second-order valence-corrected chi connectivity index (χ2v) is 6.43. The van der Waals surface area contributed by atoms with Gasteiger partial charge in [0.15, 0.2) is 0 Å². The van der Waals surface area contributed by atoms with Crippen molar-refractivity contribution in [1.29, 1.82) is 0 Å². The maximum atomic E-state index is 12.6. The molecule has 6 heteroatoms. The molecule has 1 aliphatic rings. The Morgan fingerprint density at radius 3 is 2.22 bits per heavy atom. The van der Waals surface area contributed by atoms with Gasteiger partial charge < -0.3 is 19.3 Å². The molecule has 2 amide bonds. The molecule has 2 aromatic rings. The van der Waals surface area contributed by atoms with Crippen molar-refractivity contribution >= 4 is 12.0 Å². The van der Waals surface area contributed by atoms with Crippen molar-refractivity contribution in [3.63, 3.8) is 0 Å². The van der Waals surface area contributed by atoms with E-state index in [4.69, 9.17) is 9.47 Å². The van der Waals surface area contributed by atoms with Gasteiger partial charge in [0.25, 0.3) is 0 Å². The van der Waals surface area contributed by atoms with Crippen molar-refractivity contribution in [3.05, 3.63) is 60.2 Å². The molecule has 3 rings (SSSR count). The van der Waals surface area contributed by atoms with Gasteiger partial charge in [-0.05, 0) is 36.2 Å². The molecule has 0 aliphatic carbocycles. The van der Waals surface area contributed by atoms with E-state index in [0.29, 0.717) is 38.3 Å².